The number of benzene rings is 2. The lowest BCUT2D eigenvalue weighted by atomic mass is 9.93. The first kappa shape index (κ1) is 17.0. The van der Waals surface area contributed by atoms with Crippen LogP contribution in [0.1, 0.15) is 36.5 Å². The maximum Gasteiger partial charge on any atom is 0.127 e. The van der Waals surface area contributed by atoms with Gasteiger partial charge in [0.1, 0.15) is 11.6 Å². The number of halogens is 3. The van der Waals surface area contributed by atoms with Gasteiger partial charge in [0, 0.05) is 5.02 Å². The molecule has 2 aromatic rings. The second kappa shape index (κ2) is 7.73. The molecular weight excluding hydrogens is 302 g/mol. The fourth-order valence-corrected chi connectivity index (χ4v) is 2.77. The molecule has 0 N–H and O–H groups in total. The zero-order valence-electron chi connectivity index (χ0n) is 13.0. The van der Waals surface area contributed by atoms with Gasteiger partial charge in [0.2, 0.25) is 0 Å². The molecule has 1 unspecified atom stereocenters. The summed E-state index contributed by atoms with van der Waals surface area (Å²) in [5.74, 6) is 0.0705. The molecule has 2 rings (SSSR count). The predicted octanol–water partition coefficient (Wildman–Crippen LogP) is 6.13. The van der Waals surface area contributed by atoms with Gasteiger partial charge in [0.15, 0.2) is 0 Å². The predicted molar refractivity (Wildman–Crippen MR) is 88.4 cm³/mol. The molecule has 0 fully saturated rings. The van der Waals surface area contributed by atoms with Crippen LogP contribution >= 0.6 is 11.6 Å². The molecule has 3 heteroatoms. The molecule has 1 atom stereocenters. The van der Waals surface area contributed by atoms with E-state index in [9.17, 15) is 8.78 Å². The Morgan fingerprint density at radius 3 is 2.23 bits per heavy atom. The van der Waals surface area contributed by atoms with Crippen molar-refractivity contribution in [3.05, 3.63) is 69.7 Å². The van der Waals surface area contributed by atoms with E-state index in [2.05, 4.69) is 6.92 Å². The summed E-state index contributed by atoms with van der Waals surface area (Å²) in [6.45, 7) is 4.11. The molecule has 0 aliphatic rings. The maximum absolute atomic E-state index is 13.7. The highest BCUT2D eigenvalue weighted by atomic mass is 35.5. The average molecular weight is 323 g/mol. The van der Waals surface area contributed by atoms with Crippen LogP contribution in [0.5, 0.6) is 0 Å². The van der Waals surface area contributed by atoms with Gasteiger partial charge < -0.3 is 0 Å². The van der Waals surface area contributed by atoms with E-state index in [-0.39, 0.29) is 11.6 Å². The molecule has 0 amide bonds. The molecule has 22 heavy (non-hydrogen) atoms. The monoisotopic (exact) mass is 322 g/mol. The van der Waals surface area contributed by atoms with Crippen LogP contribution in [0.15, 0.2) is 36.4 Å². The third-order valence-electron chi connectivity index (χ3n) is 4.13. The first-order valence-electron chi connectivity index (χ1n) is 7.64. The summed E-state index contributed by atoms with van der Waals surface area (Å²) < 4.78 is 26.8. The Hall–Kier alpha value is -1.41. The van der Waals surface area contributed by atoms with E-state index in [0.717, 1.165) is 24.8 Å². The van der Waals surface area contributed by atoms with E-state index in [4.69, 9.17) is 11.6 Å². The Balaban J connectivity index is 1.84. The normalized spacial score (nSPS) is 12.4. The molecule has 2 aromatic carbocycles. The van der Waals surface area contributed by atoms with Gasteiger partial charge in [-0.2, -0.15) is 0 Å². The average Bonchev–Trinajstić information content (AvgIpc) is 2.45. The van der Waals surface area contributed by atoms with E-state index in [0.29, 0.717) is 22.9 Å². The highest BCUT2D eigenvalue weighted by Gasteiger charge is 2.08. The SMILES string of the molecule is Cc1cc(F)ccc1CCC(C)CCc1ccc(Cl)cc1F. The third kappa shape index (κ3) is 4.81. The molecule has 0 heterocycles. The Morgan fingerprint density at radius 1 is 0.955 bits per heavy atom. The van der Waals surface area contributed by atoms with Crippen LogP contribution in [0.3, 0.4) is 0 Å². The van der Waals surface area contributed by atoms with Crippen LogP contribution in [0.2, 0.25) is 5.02 Å². The molecule has 0 radical (unpaired) electrons. The van der Waals surface area contributed by atoms with Gasteiger partial charge in [-0.3, -0.25) is 0 Å². The fourth-order valence-electron chi connectivity index (χ4n) is 2.61. The summed E-state index contributed by atoms with van der Waals surface area (Å²) in [5, 5.41) is 0.432. The Morgan fingerprint density at radius 2 is 1.59 bits per heavy atom. The first-order chi connectivity index (χ1) is 10.5. The van der Waals surface area contributed by atoms with Gasteiger partial charge in [-0.25, -0.2) is 8.78 Å². The van der Waals surface area contributed by atoms with Crippen molar-refractivity contribution < 1.29 is 8.78 Å². The molecule has 0 bridgehead atoms. The summed E-state index contributed by atoms with van der Waals surface area (Å²) in [4.78, 5) is 0. The Bertz CT molecular complexity index is 582. The first-order valence-corrected chi connectivity index (χ1v) is 8.02. The zero-order chi connectivity index (χ0) is 16.1. The minimum atomic E-state index is -0.228. The minimum absolute atomic E-state index is 0.187. The van der Waals surface area contributed by atoms with Crippen molar-refractivity contribution in [3.8, 4) is 0 Å². The molecular formula is C19H21ClF2. The van der Waals surface area contributed by atoms with Gasteiger partial charge >= 0.3 is 0 Å². The van der Waals surface area contributed by atoms with Gasteiger partial charge in [-0.05, 0) is 79.5 Å². The molecule has 0 aromatic heterocycles. The van der Waals surface area contributed by atoms with Gasteiger partial charge in [0.25, 0.3) is 0 Å². The molecule has 0 aliphatic heterocycles. The molecule has 0 spiro atoms. The standard InChI is InChI=1S/C19H21ClF2/c1-13(3-5-15-8-10-18(21)11-14(15)2)4-6-16-7-9-17(20)12-19(16)22/h7-13H,3-6H2,1-2H3. The van der Waals surface area contributed by atoms with E-state index in [1.807, 2.05) is 13.0 Å². The lowest BCUT2D eigenvalue weighted by Crippen LogP contribution is -2.02. The summed E-state index contributed by atoms with van der Waals surface area (Å²) in [6, 6.07) is 9.79. The summed E-state index contributed by atoms with van der Waals surface area (Å²) in [7, 11) is 0. The molecule has 0 saturated heterocycles. The van der Waals surface area contributed by atoms with Crippen LogP contribution < -0.4 is 0 Å². The lowest BCUT2D eigenvalue weighted by molar-refractivity contribution is 0.485. The van der Waals surface area contributed by atoms with Crippen molar-refractivity contribution in [1.29, 1.82) is 0 Å². The van der Waals surface area contributed by atoms with Gasteiger partial charge in [-0.1, -0.05) is 30.7 Å². The number of hydrogen-bond acceptors (Lipinski definition) is 0. The maximum atomic E-state index is 13.7. The van der Waals surface area contributed by atoms with E-state index >= 15 is 0 Å². The smallest absolute Gasteiger partial charge is 0.127 e. The van der Waals surface area contributed by atoms with E-state index < -0.39 is 0 Å². The van der Waals surface area contributed by atoms with Crippen molar-refractivity contribution in [2.45, 2.75) is 39.5 Å². The van der Waals surface area contributed by atoms with Gasteiger partial charge in [-0.15, -0.1) is 0 Å². The molecule has 0 saturated carbocycles. The topological polar surface area (TPSA) is 0 Å². The molecule has 118 valence electrons. The summed E-state index contributed by atoms with van der Waals surface area (Å²) in [5.41, 5.74) is 2.90. The van der Waals surface area contributed by atoms with Crippen LogP contribution in [-0.2, 0) is 12.8 Å². The number of aryl methyl sites for hydroxylation is 3. The van der Waals surface area contributed by atoms with Crippen molar-refractivity contribution in [1.82, 2.24) is 0 Å². The van der Waals surface area contributed by atoms with Crippen LogP contribution in [-0.4, -0.2) is 0 Å². The molecule has 0 nitrogen and oxygen atoms in total. The Labute approximate surface area is 136 Å². The summed E-state index contributed by atoms with van der Waals surface area (Å²) in [6.07, 6.45) is 3.59. The highest BCUT2D eigenvalue weighted by Crippen LogP contribution is 2.21. The lowest BCUT2D eigenvalue weighted by Gasteiger charge is -2.13. The second-order valence-corrected chi connectivity index (χ2v) is 6.43. The van der Waals surface area contributed by atoms with Crippen molar-refractivity contribution in [3.63, 3.8) is 0 Å². The van der Waals surface area contributed by atoms with Crippen molar-refractivity contribution in [2.75, 3.05) is 0 Å². The summed E-state index contributed by atoms with van der Waals surface area (Å²) >= 11 is 5.76. The molecule has 0 aliphatic carbocycles. The van der Waals surface area contributed by atoms with Crippen LogP contribution in [0.25, 0.3) is 0 Å². The largest absolute Gasteiger partial charge is 0.207 e. The number of hydrogen-bond donors (Lipinski definition) is 0. The fraction of sp³-hybridized carbons (Fsp3) is 0.368. The van der Waals surface area contributed by atoms with E-state index in [1.54, 1.807) is 18.2 Å². The van der Waals surface area contributed by atoms with E-state index in [1.165, 1.54) is 17.7 Å². The second-order valence-electron chi connectivity index (χ2n) is 5.99. The van der Waals surface area contributed by atoms with Gasteiger partial charge in [0.05, 0.1) is 0 Å². The van der Waals surface area contributed by atoms with Crippen LogP contribution in [0.4, 0.5) is 8.78 Å². The minimum Gasteiger partial charge on any atom is -0.207 e. The Kier molecular flexibility index (Phi) is 5.96. The third-order valence-corrected chi connectivity index (χ3v) is 4.37. The van der Waals surface area contributed by atoms with Crippen molar-refractivity contribution >= 4 is 11.6 Å². The quantitative estimate of drug-likeness (QED) is 0.600. The highest BCUT2D eigenvalue weighted by molar-refractivity contribution is 6.30. The van der Waals surface area contributed by atoms with Crippen LogP contribution in [0, 0.1) is 24.5 Å². The van der Waals surface area contributed by atoms with Crippen molar-refractivity contribution in [2.24, 2.45) is 5.92 Å². The zero-order valence-corrected chi connectivity index (χ0v) is 13.8. The number of rotatable bonds is 6.